The number of rotatable bonds is 5. The van der Waals surface area contributed by atoms with E-state index in [1.807, 2.05) is 42.5 Å². The quantitative estimate of drug-likeness (QED) is 0.501. The highest BCUT2D eigenvalue weighted by Crippen LogP contribution is 2.16. The SMILES string of the molecule is CCc1ccc(NC(=O)c2cc3cccnc3n(Cc3ccc(Cl)cc3)c2=O)cc1. The minimum Gasteiger partial charge on any atom is -0.322 e. The van der Waals surface area contributed by atoms with Gasteiger partial charge >= 0.3 is 0 Å². The molecule has 2 aromatic heterocycles. The number of halogens is 1. The number of benzene rings is 2. The van der Waals surface area contributed by atoms with Gasteiger partial charge in [-0.2, -0.15) is 0 Å². The number of hydrogen-bond donors (Lipinski definition) is 1. The second kappa shape index (κ2) is 8.51. The minimum atomic E-state index is -0.445. The van der Waals surface area contributed by atoms with Crippen LogP contribution in [0.4, 0.5) is 5.69 Å². The third kappa shape index (κ3) is 4.11. The molecule has 0 aliphatic heterocycles. The van der Waals surface area contributed by atoms with E-state index in [1.54, 1.807) is 30.5 Å². The van der Waals surface area contributed by atoms with Gasteiger partial charge in [-0.1, -0.05) is 42.8 Å². The molecule has 0 unspecified atom stereocenters. The van der Waals surface area contributed by atoms with E-state index in [9.17, 15) is 9.59 Å². The van der Waals surface area contributed by atoms with Crippen LogP contribution in [0.15, 0.2) is 77.7 Å². The Kier molecular flexibility index (Phi) is 5.63. The van der Waals surface area contributed by atoms with Crippen molar-refractivity contribution in [1.29, 1.82) is 0 Å². The number of aryl methyl sites for hydroxylation is 1. The molecule has 0 radical (unpaired) electrons. The fraction of sp³-hybridized carbons (Fsp3) is 0.125. The predicted molar refractivity (Wildman–Crippen MR) is 120 cm³/mol. The molecule has 0 aliphatic rings. The van der Waals surface area contributed by atoms with Gasteiger partial charge in [0.05, 0.1) is 6.54 Å². The van der Waals surface area contributed by atoms with E-state index in [0.717, 1.165) is 17.4 Å². The number of hydrogen-bond acceptors (Lipinski definition) is 3. The van der Waals surface area contributed by atoms with Gasteiger partial charge in [-0.05, 0) is 60.0 Å². The summed E-state index contributed by atoms with van der Waals surface area (Å²) >= 11 is 5.97. The molecule has 0 atom stereocenters. The zero-order valence-corrected chi connectivity index (χ0v) is 17.2. The Labute approximate surface area is 179 Å². The van der Waals surface area contributed by atoms with Crippen molar-refractivity contribution < 1.29 is 4.79 Å². The van der Waals surface area contributed by atoms with Gasteiger partial charge in [0.2, 0.25) is 0 Å². The van der Waals surface area contributed by atoms with Crippen LogP contribution >= 0.6 is 11.6 Å². The average Bonchev–Trinajstić information content (AvgIpc) is 2.77. The Morgan fingerprint density at radius 2 is 1.73 bits per heavy atom. The molecule has 4 rings (SSSR count). The van der Waals surface area contributed by atoms with Crippen LogP contribution in [0.3, 0.4) is 0 Å². The normalized spacial score (nSPS) is 10.9. The largest absolute Gasteiger partial charge is 0.322 e. The first-order chi connectivity index (χ1) is 14.5. The third-order valence-corrected chi connectivity index (χ3v) is 5.22. The molecule has 4 aromatic rings. The van der Waals surface area contributed by atoms with Crippen LogP contribution in [-0.4, -0.2) is 15.5 Å². The highest BCUT2D eigenvalue weighted by Gasteiger charge is 2.17. The minimum absolute atomic E-state index is 0.0732. The number of amides is 1. The van der Waals surface area contributed by atoms with Gasteiger partial charge in [0.1, 0.15) is 11.2 Å². The van der Waals surface area contributed by atoms with Gasteiger partial charge in [0, 0.05) is 22.3 Å². The predicted octanol–water partition coefficient (Wildman–Crippen LogP) is 4.91. The van der Waals surface area contributed by atoms with E-state index in [1.165, 1.54) is 10.1 Å². The molecule has 0 saturated heterocycles. The van der Waals surface area contributed by atoms with Crippen LogP contribution in [0.25, 0.3) is 11.0 Å². The Morgan fingerprint density at radius 1 is 1.03 bits per heavy atom. The van der Waals surface area contributed by atoms with Crippen molar-refractivity contribution in [3.63, 3.8) is 0 Å². The summed E-state index contributed by atoms with van der Waals surface area (Å²) in [6.45, 7) is 2.36. The number of anilines is 1. The van der Waals surface area contributed by atoms with Crippen molar-refractivity contribution in [3.8, 4) is 0 Å². The van der Waals surface area contributed by atoms with Crippen LogP contribution in [0.2, 0.25) is 5.02 Å². The van der Waals surface area contributed by atoms with Crippen LogP contribution in [0.5, 0.6) is 0 Å². The second-order valence-electron chi connectivity index (χ2n) is 7.00. The maximum Gasteiger partial charge on any atom is 0.265 e. The zero-order valence-electron chi connectivity index (χ0n) is 16.4. The standard InChI is InChI=1S/C24H20ClN3O2/c1-2-16-7-11-20(12-8-16)27-23(29)21-14-18-4-3-13-26-22(18)28(24(21)30)15-17-5-9-19(25)10-6-17/h3-14H,2,15H2,1H3,(H,27,29). The van der Waals surface area contributed by atoms with Crippen molar-refractivity contribution in [3.05, 3.63) is 105 Å². The van der Waals surface area contributed by atoms with E-state index in [-0.39, 0.29) is 17.7 Å². The highest BCUT2D eigenvalue weighted by molar-refractivity contribution is 6.30. The van der Waals surface area contributed by atoms with Crippen molar-refractivity contribution >= 4 is 34.2 Å². The van der Waals surface area contributed by atoms with Crippen molar-refractivity contribution in [2.24, 2.45) is 0 Å². The molecule has 0 saturated carbocycles. The van der Waals surface area contributed by atoms with Gasteiger partial charge in [0.25, 0.3) is 11.5 Å². The number of fused-ring (bicyclic) bond motifs is 1. The first-order valence-electron chi connectivity index (χ1n) is 9.68. The summed E-state index contributed by atoms with van der Waals surface area (Å²) in [4.78, 5) is 30.5. The lowest BCUT2D eigenvalue weighted by Gasteiger charge is -2.13. The summed E-state index contributed by atoms with van der Waals surface area (Å²) in [7, 11) is 0. The zero-order chi connectivity index (χ0) is 21.1. The summed E-state index contributed by atoms with van der Waals surface area (Å²) in [6.07, 6.45) is 2.55. The van der Waals surface area contributed by atoms with E-state index >= 15 is 0 Å². The van der Waals surface area contributed by atoms with Crippen molar-refractivity contribution in [2.75, 3.05) is 5.32 Å². The Bertz CT molecular complexity index is 1260. The van der Waals surface area contributed by atoms with E-state index in [0.29, 0.717) is 16.4 Å². The number of pyridine rings is 2. The maximum atomic E-state index is 13.2. The molecular formula is C24H20ClN3O2. The van der Waals surface area contributed by atoms with Crippen molar-refractivity contribution in [1.82, 2.24) is 9.55 Å². The molecule has 5 nitrogen and oxygen atoms in total. The maximum absolute atomic E-state index is 13.2. The molecule has 1 amide bonds. The fourth-order valence-electron chi connectivity index (χ4n) is 3.31. The van der Waals surface area contributed by atoms with Crippen LogP contribution in [0, 0.1) is 0 Å². The monoisotopic (exact) mass is 417 g/mol. The Morgan fingerprint density at radius 3 is 2.43 bits per heavy atom. The number of nitrogens with one attached hydrogen (secondary N) is 1. The average molecular weight is 418 g/mol. The van der Waals surface area contributed by atoms with Gasteiger partial charge < -0.3 is 5.32 Å². The summed E-state index contributed by atoms with van der Waals surface area (Å²) < 4.78 is 1.52. The Hall–Kier alpha value is -3.44. The number of aromatic nitrogens is 2. The first kappa shape index (κ1) is 19.9. The summed E-state index contributed by atoms with van der Waals surface area (Å²) in [6, 6.07) is 20.1. The molecule has 2 aromatic carbocycles. The molecule has 0 aliphatic carbocycles. The van der Waals surface area contributed by atoms with Gasteiger partial charge in [-0.25, -0.2) is 4.98 Å². The van der Waals surface area contributed by atoms with Gasteiger partial charge in [-0.3, -0.25) is 14.2 Å². The first-order valence-corrected chi connectivity index (χ1v) is 10.1. The lowest BCUT2D eigenvalue weighted by atomic mass is 10.1. The molecule has 0 fully saturated rings. The van der Waals surface area contributed by atoms with Crippen LogP contribution < -0.4 is 10.9 Å². The number of carbonyl (C=O) groups is 1. The topological polar surface area (TPSA) is 64.0 Å². The molecule has 1 N–H and O–H groups in total. The summed E-state index contributed by atoms with van der Waals surface area (Å²) in [5.41, 5.74) is 2.92. The van der Waals surface area contributed by atoms with Gasteiger partial charge in [-0.15, -0.1) is 0 Å². The molecule has 0 spiro atoms. The lowest BCUT2D eigenvalue weighted by Crippen LogP contribution is -2.30. The fourth-order valence-corrected chi connectivity index (χ4v) is 3.44. The molecule has 150 valence electrons. The molecular weight excluding hydrogens is 398 g/mol. The Balaban J connectivity index is 1.74. The molecule has 0 bridgehead atoms. The van der Waals surface area contributed by atoms with E-state index < -0.39 is 5.91 Å². The highest BCUT2D eigenvalue weighted by atomic mass is 35.5. The number of nitrogens with zero attached hydrogens (tertiary/aromatic N) is 2. The molecule has 2 heterocycles. The molecule has 30 heavy (non-hydrogen) atoms. The van der Waals surface area contributed by atoms with Crippen LogP contribution in [0.1, 0.15) is 28.4 Å². The van der Waals surface area contributed by atoms with Gasteiger partial charge in [0.15, 0.2) is 0 Å². The number of carbonyl (C=O) groups excluding carboxylic acids is 1. The van der Waals surface area contributed by atoms with Crippen molar-refractivity contribution in [2.45, 2.75) is 19.9 Å². The summed E-state index contributed by atoms with van der Waals surface area (Å²) in [5, 5.41) is 4.16. The third-order valence-electron chi connectivity index (χ3n) is 4.97. The second-order valence-corrected chi connectivity index (χ2v) is 7.43. The van der Waals surface area contributed by atoms with Crippen LogP contribution in [-0.2, 0) is 13.0 Å². The molecule has 6 heteroatoms. The summed E-state index contributed by atoms with van der Waals surface area (Å²) in [5.74, 6) is -0.445. The smallest absolute Gasteiger partial charge is 0.265 e. The lowest BCUT2D eigenvalue weighted by molar-refractivity contribution is 0.102. The van der Waals surface area contributed by atoms with E-state index in [4.69, 9.17) is 11.6 Å². The van der Waals surface area contributed by atoms with E-state index in [2.05, 4.69) is 17.2 Å².